The summed E-state index contributed by atoms with van der Waals surface area (Å²) < 4.78 is 32.3. The molecule has 0 aromatic carbocycles. The minimum Gasteiger partial charge on any atom is -0.756 e. The van der Waals surface area contributed by atoms with Crippen molar-refractivity contribution in [2.24, 2.45) is 0 Å². The maximum absolute atomic E-state index is 12.6. The summed E-state index contributed by atoms with van der Waals surface area (Å²) in [5, 5.41) is 18.2. The quantitative estimate of drug-likeness (QED) is 0.0287. The number of phosphoric acid groups is 1. The summed E-state index contributed by atoms with van der Waals surface area (Å²) in [4.78, 5) is 37.0. The molecule has 0 radical (unpaired) electrons. The predicted molar refractivity (Wildman–Crippen MR) is 203 cm³/mol. The Morgan fingerprint density at radius 1 is 0.538 bits per heavy atom. The van der Waals surface area contributed by atoms with Crippen molar-refractivity contribution in [1.29, 1.82) is 0 Å². The minimum absolute atomic E-state index is 0. The number of unbranched alkanes of at least 4 members (excludes halogenated alkanes) is 26. The predicted octanol–water partition coefficient (Wildman–Crippen LogP) is 7.04. The van der Waals surface area contributed by atoms with Crippen LogP contribution in [0.2, 0.25) is 0 Å². The first kappa shape index (κ1) is 54.1. The largest absolute Gasteiger partial charge is 1.00 e. The van der Waals surface area contributed by atoms with E-state index in [2.05, 4.69) is 18.4 Å². The van der Waals surface area contributed by atoms with Crippen molar-refractivity contribution in [3.05, 3.63) is 0 Å². The number of phosphoric ester groups is 1. The second-order valence-electron chi connectivity index (χ2n) is 14.4. The molecule has 0 rings (SSSR count). The normalized spacial score (nSPS) is 13.6. The average Bonchev–Trinajstić information content (AvgIpc) is 3.12. The molecule has 0 amide bonds. The van der Waals surface area contributed by atoms with E-state index >= 15 is 0 Å². The van der Waals surface area contributed by atoms with E-state index in [0.717, 1.165) is 38.5 Å². The Balaban J connectivity index is 0. The molecule has 0 spiro atoms. The average molecular weight is 773 g/mol. The second-order valence-corrected chi connectivity index (χ2v) is 15.8. The van der Waals surface area contributed by atoms with Crippen LogP contribution in [-0.2, 0) is 32.7 Å². The molecule has 0 aliphatic carbocycles. The molecule has 0 aromatic rings. The van der Waals surface area contributed by atoms with Crippen LogP contribution >= 0.6 is 7.82 Å². The summed E-state index contributed by atoms with van der Waals surface area (Å²) in [6.45, 7) is 2.22. The van der Waals surface area contributed by atoms with Crippen LogP contribution in [0.3, 0.4) is 0 Å². The van der Waals surface area contributed by atoms with Crippen molar-refractivity contribution in [3.63, 3.8) is 0 Å². The third kappa shape index (κ3) is 39.7. The number of hydrogen-bond acceptors (Lipinski definition) is 10. The van der Waals surface area contributed by atoms with Gasteiger partial charge < -0.3 is 33.6 Å². The van der Waals surface area contributed by atoms with Gasteiger partial charge in [-0.1, -0.05) is 181 Å². The molecule has 0 aliphatic heterocycles. The molecular formula is C40H78NaO10P. The summed E-state index contributed by atoms with van der Waals surface area (Å²) in [5.74, 6) is -0.947. The van der Waals surface area contributed by atoms with Crippen LogP contribution in [0.1, 0.15) is 206 Å². The summed E-state index contributed by atoms with van der Waals surface area (Å²) in [5.41, 5.74) is 0. The molecule has 0 saturated carbocycles. The van der Waals surface area contributed by atoms with Crippen LogP contribution in [0.5, 0.6) is 0 Å². The van der Waals surface area contributed by atoms with Gasteiger partial charge in [-0.2, -0.15) is 0 Å². The van der Waals surface area contributed by atoms with E-state index in [0.29, 0.717) is 12.8 Å². The molecule has 0 aromatic heterocycles. The smallest absolute Gasteiger partial charge is 0.756 e. The third-order valence-corrected chi connectivity index (χ3v) is 10.2. The van der Waals surface area contributed by atoms with Gasteiger partial charge in [0.15, 0.2) is 6.10 Å². The van der Waals surface area contributed by atoms with Crippen molar-refractivity contribution in [3.8, 4) is 0 Å². The molecule has 2 N–H and O–H groups in total. The van der Waals surface area contributed by atoms with Gasteiger partial charge in [0.1, 0.15) is 12.7 Å². The second kappa shape index (κ2) is 40.6. The van der Waals surface area contributed by atoms with Crippen molar-refractivity contribution >= 4 is 19.8 Å². The zero-order valence-corrected chi connectivity index (χ0v) is 36.7. The summed E-state index contributed by atoms with van der Waals surface area (Å²) in [6.07, 6.45) is 31.8. The van der Waals surface area contributed by atoms with Crippen molar-refractivity contribution in [1.82, 2.24) is 0 Å². The first-order chi connectivity index (χ1) is 24.7. The Kier molecular flexibility index (Phi) is 42.2. The van der Waals surface area contributed by atoms with Crippen LogP contribution < -0.4 is 34.5 Å². The molecule has 0 saturated heterocycles. The number of carbonyl (C=O) groups is 2. The van der Waals surface area contributed by atoms with Gasteiger partial charge in [0, 0.05) is 12.8 Å². The molecule has 304 valence electrons. The van der Waals surface area contributed by atoms with Crippen molar-refractivity contribution < 1.29 is 77.3 Å². The molecule has 0 heterocycles. The Hall–Kier alpha value is -0.0300. The number of esters is 2. The summed E-state index contributed by atoms with van der Waals surface area (Å²) in [7, 11) is -4.85. The van der Waals surface area contributed by atoms with Gasteiger partial charge in [-0.15, -0.1) is 0 Å². The summed E-state index contributed by atoms with van der Waals surface area (Å²) in [6, 6.07) is 0. The van der Waals surface area contributed by atoms with Gasteiger partial charge in [-0.05, 0) is 12.8 Å². The molecule has 52 heavy (non-hydrogen) atoms. The Morgan fingerprint density at radius 2 is 0.865 bits per heavy atom. The van der Waals surface area contributed by atoms with Crippen molar-refractivity contribution in [2.75, 3.05) is 26.4 Å². The molecule has 0 fully saturated rings. The third-order valence-electron chi connectivity index (χ3n) is 9.25. The van der Waals surface area contributed by atoms with Crippen LogP contribution in [0.15, 0.2) is 0 Å². The van der Waals surface area contributed by atoms with Crippen LogP contribution in [0.25, 0.3) is 0 Å². The first-order valence-electron chi connectivity index (χ1n) is 21.0. The molecule has 3 atom stereocenters. The number of rotatable bonds is 40. The zero-order chi connectivity index (χ0) is 37.7. The molecule has 0 bridgehead atoms. The number of carbonyl (C=O) groups excluding carboxylic acids is 2. The number of aliphatic hydroxyl groups is 2. The SMILES string of the molecule is CCCCCCCCCCCCCCCCC(=O)OCC(COP(=O)([O-])OCC(O)CO)OC(=O)CCCCCCCCCCCCCCCC.[Na+]. The molecule has 12 heteroatoms. The fourth-order valence-corrected chi connectivity index (χ4v) is 6.77. The number of hydrogen-bond donors (Lipinski definition) is 2. The van der Waals surface area contributed by atoms with E-state index in [1.54, 1.807) is 0 Å². The van der Waals surface area contributed by atoms with Crippen LogP contribution in [0.4, 0.5) is 0 Å². The van der Waals surface area contributed by atoms with Gasteiger partial charge in [0.05, 0.1) is 19.8 Å². The molecular weight excluding hydrogens is 694 g/mol. The Morgan fingerprint density at radius 3 is 1.23 bits per heavy atom. The van der Waals surface area contributed by atoms with Crippen LogP contribution in [-0.4, -0.2) is 60.8 Å². The standard InChI is InChI=1S/C40H79O10P.Na/c1-3-5-7-9-11-13-15-17-19-21-23-25-27-29-31-39(43)47-35-38(36-49-51(45,46)48-34-37(42)33-41)50-40(44)32-30-28-26-24-22-20-18-16-14-12-10-8-6-4-2;/h37-38,41-42H,3-36H2,1-2H3,(H,45,46);/q;+1/p-1. The maximum Gasteiger partial charge on any atom is 1.00 e. The number of aliphatic hydroxyl groups excluding tert-OH is 2. The van der Waals surface area contributed by atoms with Gasteiger partial charge in [0.25, 0.3) is 7.82 Å². The molecule has 0 aliphatic rings. The topological polar surface area (TPSA) is 152 Å². The van der Waals surface area contributed by atoms with E-state index in [4.69, 9.17) is 19.1 Å². The molecule has 3 unspecified atom stereocenters. The van der Waals surface area contributed by atoms with Crippen molar-refractivity contribution in [2.45, 2.75) is 219 Å². The fraction of sp³-hybridized carbons (Fsp3) is 0.950. The summed E-state index contributed by atoms with van der Waals surface area (Å²) >= 11 is 0. The van der Waals surface area contributed by atoms with Gasteiger partial charge in [-0.25, -0.2) is 0 Å². The van der Waals surface area contributed by atoms with E-state index in [-0.39, 0.29) is 49.0 Å². The zero-order valence-electron chi connectivity index (χ0n) is 33.8. The molecule has 10 nitrogen and oxygen atoms in total. The number of ether oxygens (including phenoxy) is 2. The van der Waals surface area contributed by atoms with E-state index in [1.807, 2.05) is 0 Å². The maximum atomic E-state index is 12.6. The Labute approximate surface area is 340 Å². The van der Waals surface area contributed by atoms with E-state index < -0.39 is 51.8 Å². The minimum atomic E-state index is -4.85. The van der Waals surface area contributed by atoms with Gasteiger partial charge in [-0.3, -0.25) is 14.2 Å². The van der Waals surface area contributed by atoms with E-state index in [1.165, 1.54) is 128 Å². The van der Waals surface area contributed by atoms with E-state index in [9.17, 15) is 24.2 Å². The van der Waals surface area contributed by atoms with Gasteiger partial charge in [0.2, 0.25) is 0 Å². The first-order valence-corrected chi connectivity index (χ1v) is 22.4. The Bertz CT molecular complexity index is 834. The fourth-order valence-electron chi connectivity index (χ4n) is 5.99. The monoisotopic (exact) mass is 773 g/mol. The van der Waals surface area contributed by atoms with Crippen LogP contribution in [0, 0.1) is 0 Å². The van der Waals surface area contributed by atoms with Gasteiger partial charge >= 0.3 is 41.5 Å².